The molecule has 0 radical (unpaired) electrons. The lowest BCUT2D eigenvalue weighted by Gasteiger charge is -2.45. The van der Waals surface area contributed by atoms with Crippen LogP contribution in [0.5, 0.6) is 0 Å². The topological polar surface area (TPSA) is 420 Å². The number of esters is 2. The van der Waals surface area contributed by atoms with E-state index in [2.05, 4.69) is 73.8 Å². The van der Waals surface area contributed by atoms with Gasteiger partial charge >= 0.3 is 41.9 Å². The molecule has 6 saturated heterocycles. The number of halogens is 1. The van der Waals surface area contributed by atoms with Crippen LogP contribution >= 0.6 is 0 Å². The van der Waals surface area contributed by atoms with Crippen LogP contribution < -0.4 is 26.2 Å². The molecule has 6 aliphatic rings. The zero-order valence-electron chi connectivity index (χ0n) is 70.6. The van der Waals surface area contributed by atoms with Gasteiger partial charge < -0.3 is 105 Å². The van der Waals surface area contributed by atoms with Gasteiger partial charge in [-0.05, 0) is 197 Å². The number of carbonyl (C=O) groups is 5. The van der Waals surface area contributed by atoms with Crippen LogP contribution in [0.2, 0.25) is 0 Å². The molecule has 6 aliphatic heterocycles. The molecule has 0 spiro atoms. The summed E-state index contributed by atoms with van der Waals surface area (Å²) in [5, 5.41) is 67.1. The highest BCUT2D eigenvalue weighted by Crippen LogP contribution is 2.28. The number of aliphatic hydroxyl groups is 4. The minimum Gasteiger partial charge on any atom is -0.468 e. The van der Waals surface area contributed by atoms with Gasteiger partial charge in [0.2, 0.25) is 0 Å². The van der Waals surface area contributed by atoms with E-state index in [0.29, 0.717) is 58.2 Å². The third-order valence-corrected chi connectivity index (χ3v) is 18.8. The molecule has 37 heteroatoms. The van der Waals surface area contributed by atoms with Crippen molar-refractivity contribution in [2.45, 2.75) is 193 Å². The smallest absolute Gasteiger partial charge is 0.410 e. The van der Waals surface area contributed by atoms with E-state index in [1.165, 1.54) is 31.4 Å². The number of nitrogens with zero attached hydrogens (tertiary/aromatic N) is 15. The maximum atomic E-state index is 12.1. The van der Waals surface area contributed by atoms with Gasteiger partial charge in [0, 0.05) is 117 Å². The van der Waals surface area contributed by atoms with Crippen LogP contribution in [0.25, 0.3) is 0 Å². The van der Waals surface area contributed by atoms with E-state index in [0.717, 1.165) is 88.6 Å². The number of nitrogen functional groups attached to an aromatic ring is 1. The second-order valence-corrected chi connectivity index (χ2v) is 33.7. The molecule has 0 aliphatic carbocycles. The first kappa shape index (κ1) is 98.1. The minimum absolute atomic E-state index is 0.00596. The molecule has 8 N–H and O–H groups in total. The number of nitrogens with two attached hydrogens (primary N) is 1. The molecule has 0 bridgehead atoms. The number of aromatic nitrogens is 3. The second kappa shape index (κ2) is 42.8. The largest absolute Gasteiger partial charge is 0.468 e. The second-order valence-electron chi connectivity index (χ2n) is 33.7. The van der Waals surface area contributed by atoms with E-state index < -0.39 is 73.0 Å². The van der Waals surface area contributed by atoms with Crippen molar-refractivity contribution in [3.63, 3.8) is 0 Å². The molecule has 36 nitrogen and oxygen atoms in total. The molecule has 112 heavy (non-hydrogen) atoms. The van der Waals surface area contributed by atoms with Gasteiger partial charge in [0.15, 0.2) is 18.2 Å². The van der Waals surface area contributed by atoms with Crippen molar-refractivity contribution < 1.29 is 82.3 Å². The fourth-order valence-corrected chi connectivity index (χ4v) is 12.5. The summed E-state index contributed by atoms with van der Waals surface area (Å²) in [7, 11) is 12.6. The predicted molar refractivity (Wildman–Crippen MR) is 424 cm³/mol. The number of amides is 3. The van der Waals surface area contributed by atoms with Crippen molar-refractivity contribution >= 4 is 59.0 Å². The number of anilines is 3. The Morgan fingerprint density at radius 2 is 0.839 bits per heavy atom. The molecule has 6 fully saturated rings. The van der Waals surface area contributed by atoms with Gasteiger partial charge in [0.25, 0.3) is 0 Å². The standard InChI is InChI=1S/C13H20N4O3.C13H22N4O.C13H26N2O3.C12H22N2O4.C11H20N2O4.C8H18N2O.C5H3FN2O2/c1-13(2,18)11-9-16(7-6-15(11)3)10-4-5-12(14-8-10)17(19)20;1-13(2,18)11-9-17(7-6-16(11)3)10-4-5-12(14)15-8-10;1-12(2,3)18-11(16)15-8-7-14(6)10(9-15)13(4,5)17;1-12(2,3)18-11(16)14-7-6-13(4)9(8-14)10(15)17-5;1-11(2,3)17-10(15)13-6-5-12-8(7-13)9(14)16-4;1-8(2,11)7-6-9-4-5-10(7)3;6-4-1-2-5(7-3-4)8(9)10/h4-5,8,11,18H,6-7,9H2,1-3H3;4-5,8,11,18H,6-7,9H2,1-3H3,(H2,14,15);10,17H,7-9H2,1-6H3;9H,6-8H2,1-5H3;8,12H,5-7H2,1-4H3;7,9,11H,4-6H2,1-3H3;1-3H. The Kier molecular flexibility index (Phi) is 37.5. The van der Waals surface area contributed by atoms with Crippen molar-refractivity contribution in [2.24, 2.45) is 0 Å². The number of hydrogen-bond donors (Lipinski definition) is 7. The van der Waals surface area contributed by atoms with E-state index >= 15 is 0 Å². The van der Waals surface area contributed by atoms with Crippen molar-refractivity contribution in [1.29, 1.82) is 0 Å². The number of likely N-dealkylation sites (N-methyl/N-ethyl adjacent to an activating group) is 5. The predicted octanol–water partition coefficient (Wildman–Crippen LogP) is 4.61. The lowest BCUT2D eigenvalue weighted by atomic mass is 9.95. The van der Waals surface area contributed by atoms with Crippen molar-refractivity contribution in [3.8, 4) is 0 Å². The van der Waals surface area contributed by atoms with Crippen LogP contribution in [0.4, 0.5) is 47.6 Å². The number of hydrogen-bond acceptors (Lipinski definition) is 31. The highest BCUT2D eigenvalue weighted by molar-refractivity contribution is 5.78. The Labute approximate surface area is 660 Å². The molecule has 0 aromatic carbocycles. The fraction of sp³-hybridized carbons (Fsp3) is 0.733. The van der Waals surface area contributed by atoms with Gasteiger partial charge in [-0.2, -0.15) is 0 Å². The van der Waals surface area contributed by atoms with E-state index in [1.54, 1.807) is 49.8 Å². The van der Waals surface area contributed by atoms with Crippen LogP contribution in [0.3, 0.4) is 0 Å². The number of nitrogens with one attached hydrogen (secondary N) is 2. The maximum Gasteiger partial charge on any atom is 0.410 e. The zero-order chi connectivity index (χ0) is 85.4. The van der Waals surface area contributed by atoms with Gasteiger partial charge in [-0.1, -0.05) is 0 Å². The Bertz CT molecular complexity index is 3420. The summed E-state index contributed by atoms with van der Waals surface area (Å²) >= 11 is 0. The monoisotopic (exact) mass is 1590 g/mol. The van der Waals surface area contributed by atoms with Gasteiger partial charge in [-0.25, -0.2) is 23.8 Å². The average molecular weight is 1590 g/mol. The molecule has 6 atom stereocenters. The SMILES string of the molecule is CN1CCN(C(=O)OC(C)(C)C)CC1C(C)(C)O.CN1CCN(c2ccc(N)nc2)CC1C(C)(C)O.CN1CCN(c2ccc([N+](=O)[O-])nc2)CC1C(C)(C)O.CN1CCNCC1C(C)(C)O.COC(=O)C1CN(C(=O)OC(C)(C)C)CCN1.COC(=O)C1CN(C(=O)OC(C)(C)C)CCN1C.O=[N+]([O-])c1ccc(F)cn1. The summed E-state index contributed by atoms with van der Waals surface area (Å²) in [5.41, 5.74) is 3.02. The first-order valence-corrected chi connectivity index (χ1v) is 37.5. The number of piperazine rings is 6. The number of rotatable bonds is 10. The van der Waals surface area contributed by atoms with Gasteiger partial charge in [0.05, 0.1) is 91.5 Å². The third-order valence-electron chi connectivity index (χ3n) is 18.8. The third kappa shape index (κ3) is 34.3. The zero-order valence-corrected chi connectivity index (χ0v) is 70.6. The summed E-state index contributed by atoms with van der Waals surface area (Å²) in [6.45, 7) is 43.7. The molecular formula is C75H131FN18O18. The molecule has 3 aromatic rings. The van der Waals surface area contributed by atoms with Crippen LogP contribution in [-0.2, 0) is 33.3 Å². The molecular weight excluding hydrogens is 1460 g/mol. The summed E-state index contributed by atoms with van der Waals surface area (Å²) in [6, 6.07) is 8.32. The lowest BCUT2D eigenvalue weighted by Crippen LogP contribution is -2.61. The quantitative estimate of drug-likeness (QED) is 0.0630. The number of pyridine rings is 3. The summed E-state index contributed by atoms with van der Waals surface area (Å²) in [4.78, 5) is 109. The summed E-state index contributed by atoms with van der Waals surface area (Å²) in [5.74, 6) is -1.23. The molecule has 6 unspecified atom stereocenters. The summed E-state index contributed by atoms with van der Waals surface area (Å²) in [6.07, 6.45) is 3.03. The van der Waals surface area contributed by atoms with Crippen LogP contribution in [0.15, 0.2) is 55.0 Å². The maximum absolute atomic E-state index is 12.1. The first-order valence-electron chi connectivity index (χ1n) is 37.5. The van der Waals surface area contributed by atoms with Crippen LogP contribution in [0, 0.1) is 26.0 Å². The summed E-state index contributed by atoms with van der Waals surface area (Å²) < 4.78 is 37.3. The van der Waals surface area contributed by atoms with Crippen molar-refractivity contribution in [2.75, 3.05) is 183 Å². The van der Waals surface area contributed by atoms with Gasteiger partial charge in [-0.15, -0.1) is 0 Å². The highest BCUT2D eigenvalue weighted by atomic mass is 19.1. The Hall–Kier alpha value is -8.11. The average Bonchev–Trinajstić information content (AvgIpc) is 0.760. The van der Waals surface area contributed by atoms with E-state index in [1.807, 2.05) is 128 Å². The number of carbonyl (C=O) groups excluding carboxylic acids is 5. The molecule has 9 heterocycles. The molecule has 0 saturated carbocycles. The van der Waals surface area contributed by atoms with Crippen LogP contribution in [0.1, 0.15) is 118 Å². The minimum atomic E-state index is -0.838. The van der Waals surface area contributed by atoms with E-state index in [4.69, 9.17) is 24.7 Å². The van der Waals surface area contributed by atoms with Crippen LogP contribution in [-0.4, -0.2) is 357 Å². The van der Waals surface area contributed by atoms with Crippen molar-refractivity contribution in [3.05, 3.63) is 81.0 Å². The molecule has 9 rings (SSSR count). The lowest BCUT2D eigenvalue weighted by molar-refractivity contribution is -0.389. The molecule has 636 valence electrons. The Balaban J connectivity index is 0.000000342. The number of ether oxygens (including phenoxy) is 5. The molecule has 3 aromatic heterocycles. The Morgan fingerprint density at radius 1 is 0.464 bits per heavy atom. The van der Waals surface area contributed by atoms with Gasteiger partial charge in [-0.3, -0.25) is 34.1 Å². The Morgan fingerprint density at radius 3 is 1.20 bits per heavy atom. The normalized spacial score (nSPS) is 21.3. The molecule has 3 amide bonds. The highest BCUT2D eigenvalue weighted by Gasteiger charge is 2.41. The number of nitro groups is 2. The van der Waals surface area contributed by atoms with E-state index in [9.17, 15) is 69.0 Å². The first-order chi connectivity index (χ1) is 51.5. The fourth-order valence-electron chi connectivity index (χ4n) is 12.5. The number of methoxy groups -OCH3 is 2. The van der Waals surface area contributed by atoms with Gasteiger partial charge in [0.1, 0.15) is 34.7 Å². The van der Waals surface area contributed by atoms with E-state index in [-0.39, 0.29) is 66.5 Å². The van der Waals surface area contributed by atoms with Crippen molar-refractivity contribution in [1.82, 2.24) is 64.8 Å².